The number of hydrogen-bond donors (Lipinski definition) is 0. The number of nitrogens with zero attached hydrogens (tertiary/aromatic N) is 2. The van der Waals surface area contributed by atoms with E-state index >= 15 is 0 Å². The van der Waals surface area contributed by atoms with E-state index in [9.17, 15) is 0 Å². The first-order valence-electron chi connectivity index (χ1n) is 18.7. The van der Waals surface area contributed by atoms with E-state index in [4.69, 9.17) is 0 Å². The normalized spacial score (nSPS) is 13.1. The average molecular weight is 709 g/mol. The molecule has 0 saturated carbocycles. The maximum atomic E-state index is 2.46. The fourth-order valence-electron chi connectivity index (χ4n) is 8.93. The van der Waals surface area contributed by atoms with E-state index in [2.05, 4.69) is 205 Å². The van der Waals surface area contributed by atoms with Crippen LogP contribution in [-0.4, -0.2) is 4.57 Å². The SMILES string of the molecule is CC1(C)c2ccccc2-c2ccc(-c3ccc(-n4c5ccc(N(c6ccccc6)c6ccccc6)cc5c5cc6c(cc54)sc4ccccc46)cc3)cc21. The van der Waals surface area contributed by atoms with Crippen LogP contribution in [0.25, 0.3) is 69.9 Å². The highest BCUT2D eigenvalue weighted by atomic mass is 32.1. The van der Waals surface area contributed by atoms with Crippen LogP contribution in [0, 0.1) is 0 Å². The zero-order chi connectivity index (χ0) is 36.0. The highest BCUT2D eigenvalue weighted by Gasteiger charge is 2.35. The lowest BCUT2D eigenvalue weighted by atomic mass is 9.81. The number of fused-ring (bicyclic) bond motifs is 9. The van der Waals surface area contributed by atoms with Crippen LogP contribution in [0.1, 0.15) is 25.0 Å². The van der Waals surface area contributed by atoms with Crippen molar-refractivity contribution >= 4 is 70.4 Å². The van der Waals surface area contributed by atoms with E-state index < -0.39 is 0 Å². The number of aromatic nitrogens is 1. The maximum absolute atomic E-state index is 2.46. The van der Waals surface area contributed by atoms with Crippen molar-refractivity contribution in [2.45, 2.75) is 19.3 Å². The molecule has 1 aliphatic carbocycles. The molecule has 0 unspecified atom stereocenters. The molecule has 0 N–H and O–H groups in total. The van der Waals surface area contributed by atoms with E-state index in [1.54, 1.807) is 0 Å². The first-order valence-corrected chi connectivity index (χ1v) is 19.5. The summed E-state index contributed by atoms with van der Waals surface area (Å²) in [5.41, 5.74) is 14.9. The Morgan fingerprint density at radius 2 is 1.07 bits per heavy atom. The molecule has 0 amide bonds. The Bertz CT molecular complexity index is 3020. The van der Waals surface area contributed by atoms with Crippen LogP contribution in [0.15, 0.2) is 182 Å². The molecule has 0 saturated heterocycles. The zero-order valence-corrected chi connectivity index (χ0v) is 30.9. The van der Waals surface area contributed by atoms with Gasteiger partial charge in [-0.05, 0) is 112 Å². The summed E-state index contributed by atoms with van der Waals surface area (Å²) in [6.45, 7) is 4.70. The van der Waals surface area contributed by atoms with Gasteiger partial charge < -0.3 is 9.47 Å². The highest BCUT2D eigenvalue weighted by molar-refractivity contribution is 7.25. The van der Waals surface area contributed by atoms with Crippen LogP contribution in [0.4, 0.5) is 17.1 Å². The van der Waals surface area contributed by atoms with Gasteiger partial charge in [-0.1, -0.05) is 117 Å². The number of thiophene rings is 1. The molecule has 0 atom stereocenters. The summed E-state index contributed by atoms with van der Waals surface area (Å²) >= 11 is 1.88. The quantitative estimate of drug-likeness (QED) is 0.173. The monoisotopic (exact) mass is 708 g/mol. The topological polar surface area (TPSA) is 8.17 Å². The average Bonchev–Trinajstić information content (AvgIpc) is 3.82. The van der Waals surface area contributed by atoms with Crippen molar-refractivity contribution in [1.82, 2.24) is 4.57 Å². The summed E-state index contributed by atoms with van der Waals surface area (Å²) in [6.07, 6.45) is 0. The molecule has 0 fully saturated rings. The van der Waals surface area contributed by atoms with E-state index in [-0.39, 0.29) is 5.41 Å². The summed E-state index contributed by atoms with van der Waals surface area (Å²) in [5, 5.41) is 5.12. The lowest BCUT2D eigenvalue weighted by Crippen LogP contribution is -2.14. The fraction of sp³-hybridized carbons (Fsp3) is 0.0588. The maximum Gasteiger partial charge on any atom is 0.0555 e. The number of benzene rings is 8. The van der Waals surface area contributed by atoms with Gasteiger partial charge >= 0.3 is 0 Å². The molecule has 0 radical (unpaired) electrons. The Hall–Kier alpha value is -6.42. The Labute approximate surface area is 318 Å². The van der Waals surface area contributed by atoms with Gasteiger partial charge in [0.1, 0.15) is 0 Å². The van der Waals surface area contributed by atoms with Crippen LogP contribution in [0.5, 0.6) is 0 Å². The van der Waals surface area contributed by atoms with Crippen molar-refractivity contribution in [1.29, 1.82) is 0 Å². The molecule has 1 aliphatic rings. The predicted molar refractivity (Wildman–Crippen MR) is 231 cm³/mol. The summed E-state index contributed by atoms with van der Waals surface area (Å²) in [7, 11) is 0. The summed E-state index contributed by atoms with van der Waals surface area (Å²) in [5.74, 6) is 0. The third-order valence-electron chi connectivity index (χ3n) is 11.6. The second-order valence-electron chi connectivity index (χ2n) is 15.0. The minimum Gasteiger partial charge on any atom is -0.310 e. The molecule has 2 nitrogen and oxygen atoms in total. The minimum atomic E-state index is -0.0295. The molecule has 0 spiro atoms. The van der Waals surface area contributed by atoms with Gasteiger partial charge in [0.15, 0.2) is 0 Å². The molecule has 2 heterocycles. The van der Waals surface area contributed by atoms with Gasteiger partial charge in [-0.2, -0.15) is 0 Å². The van der Waals surface area contributed by atoms with Gasteiger partial charge in [0.05, 0.1) is 11.0 Å². The molecule has 3 heteroatoms. The molecule has 0 aliphatic heterocycles. The van der Waals surface area contributed by atoms with Gasteiger partial charge in [0, 0.05) is 59.1 Å². The summed E-state index contributed by atoms with van der Waals surface area (Å²) in [4.78, 5) is 2.35. The van der Waals surface area contributed by atoms with Crippen LogP contribution >= 0.6 is 11.3 Å². The van der Waals surface area contributed by atoms with Crippen molar-refractivity contribution in [3.8, 4) is 27.9 Å². The largest absolute Gasteiger partial charge is 0.310 e. The Morgan fingerprint density at radius 1 is 0.426 bits per heavy atom. The fourth-order valence-corrected chi connectivity index (χ4v) is 10.1. The van der Waals surface area contributed by atoms with Crippen LogP contribution in [0.2, 0.25) is 0 Å². The minimum absolute atomic E-state index is 0.0295. The molecule has 10 aromatic rings. The van der Waals surface area contributed by atoms with Gasteiger partial charge in [-0.15, -0.1) is 11.3 Å². The van der Waals surface area contributed by atoms with Crippen LogP contribution in [0.3, 0.4) is 0 Å². The third kappa shape index (κ3) is 4.65. The first-order chi connectivity index (χ1) is 26.5. The van der Waals surface area contributed by atoms with E-state index in [1.807, 2.05) is 11.3 Å². The van der Waals surface area contributed by atoms with E-state index in [0.717, 1.165) is 22.7 Å². The standard InChI is InChI=1S/C51H36N2S/c1-51(2)45-19-11-9-17-39(45)40-27-23-34(29-46(40)51)33-21-24-37(25-22-33)53-47-28-26-38(52(35-13-5-3-6-14-35)36-15-7-4-8-16-36)30-42(47)43-31-44-41-18-10-12-20-49(41)54-50(44)32-48(43)53/h3-32H,1-2H3. The molecular formula is C51H36N2S. The summed E-state index contributed by atoms with van der Waals surface area (Å²) in [6, 6.07) is 67.0. The van der Waals surface area contributed by atoms with Crippen molar-refractivity contribution in [3.05, 3.63) is 193 Å². The second kappa shape index (κ2) is 11.8. The lowest BCUT2D eigenvalue weighted by molar-refractivity contribution is 0.660. The smallest absolute Gasteiger partial charge is 0.0555 e. The molecule has 2 aromatic heterocycles. The Kier molecular flexibility index (Phi) is 6.80. The van der Waals surface area contributed by atoms with E-state index in [0.29, 0.717) is 0 Å². The molecule has 8 aromatic carbocycles. The molecular weight excluding hydrogens is 673 g/mol. The first kappa shape index (κ1) is 31.1. The number of para-hydroxylation sites is 2. The Morgan fingerprint density at radius 3 is 1.85 bits per heavy atom. The zero-order valence-electron chi connectivity index (χ0n) is 30.1. The van der Waals surface area contributed by atoms with Crippen LogP contribution < -0.4 is 4.90 Å². The van der Waals surface area contributed by atoms with Crippen molar-refractivity contribution in [2.24, 2.45) is 0 Å². The lowest BCUT2D eigenvalue weighted by Gasteiger charge is -2.25. The number of hydrogen-bond acceptors (Lipinski definition) is 2. The van der Waals surface area contributed by atoms with Gasteiger partial charge in [-0.3, -0.25) is 0 Å². The molecule has 11 rings (SSSR count). The number of anilines is 3. The van der Waals surface area contributed by atoms with E-state index in [1.165, 1.54) is 75.4 Å². The highest BCUT2D eigenvalue weighted by Crippen LogP contribution is 2.50. The Balaban J connectivity index is 1.09. The van der Waals surface area contributed by atoms with Crippen molar-refractivity contribution in [3.63, 3.8) is 0 Å². The van der Waals surface area contributed by atoms with Gasteiger partial charge in [-0.25, -0.2) is 0 Å². The van der Waals surface area contributed by atoms with Crippen molar-refractivity contribution < 1.29 is 0 Å². The number of rotatable bonds is 5. The van der Waals surface area contributed by atoms with Crippen molar-refractivity contribution in [2.75, 3.05) is 4.90 Å². The summed E-state index contributed by atoms with van der Waals surface area (Å²) < 4.78 is 5.09. The molecule has 54 heavy (non-hydrogen) atoms. The predicted octanol–water partition coefficient (Wildman–Crippen LogP) is 14.6. The van der Waals surface area contributed by atoms with Gasteiger partial charge in [0.25, 0.3) is 0 Å². The molecule has 256 valence electrons. The second-order valence-corrected chi connectivity index (χ2v) is 16.1. The van der Waals surface area contributed by atoms with Crippen LogP contribution in [-0.2, 0) is 5.41 Å². The third-order valence-corrected chi connectivity index (χ3v) is 12.7. The van der Waals surface area contributed by atoms with Gasteiger partial charge in [0.2, 0.25) is 0 Å². The molecule has 0 bridgehead atoms.